The maximum absolute atomic E-state index is 10.8. The van der Waals surface area contributed by atoms with E-state index in [-0.39, 0.29) is 35.1 Å². The van der Waals surface area contributed by atoms with Crippen molar-refractivity contribution in [2.45, 2.75) is 31.0 Å². The van der Waals surface area contributed by atoms with Crippen LogP contribution in [0.2, 0.25) is 5.02 Å². The summed E-state index contributed by atoms with van der Waals surface area (Å²) >= 11 is 6.11. The second-order valence-electron chi connectivity index (χ2n) is 6.46. The summed E-state index contributed by atoms with van der Waals surface area (Å²) in [6.45, 7) is 1.25. The molecule has 0 radical (unpaired) electrons. The summed E-state index contributed by atoms with van der Waals surface area (Å²) < 4.78 is 23.5. The van der Waals surface area contributed by atoms with Crippen molar-refractivity contribution in [3.05, 3.63) is 69.2 Å². The number of fused-ring (bicyclic) bond motifs is 1. The average molecular weight is 392 g/mol. The second kappa shape index (κ2) is 7.82. The standard InChI is InChI=1S/C19H18ClNO6/c20-14-8-13(21(22)23)6-7-15(14)27-17-11-26-18-16(10-25-19(17)18)24-9-12-4-2-1-3-5-12/h1-8,16-19H,9-11H2/t16-,17?,18+,19+/m0/s1. The van der Waals surface area contributed by atoms with Gasteiger partial charge in [0.2, 0.25) is 0 Å². The fourth-order valence-electron chi connectivity index (χ4n) is 3.31. The maximum atomic E-state index is 10.8. The molecule has 2 aromatic carbocycles. The van der Waals surface area contributed by atoms with Crippen LogP contribution in [0, 0.1) is 10.1 Å². The molecule has 0 N–H and O–H groups in total. The fraction of sp³-hybridized carbons (Fsp3) is 0.368. The molecule has 2 aliphatic heterocycles. The summed E-state index contributed by atoms with van der Waals surface area (Å²) in [4.78, 5) is 10.3. The van der Waals surface area contributed by atoms with Crippen LogP contribution in [-0.2, 0) is 20.8 Å². The minimum absolute atomic E-state index is 0.0839. The van der Waals surface area contributed by atoms with Crippen LogP contribution in [0.4, 0.5) is 5.69 Å². The molecule has 0 spiro atoms. The van der Waals surface area contributed by atoms with Gasteiger partial charge in [-0.25, -0.2) is 0 Å². The Morgan fingerprint density at radius 2 is 1.78 bits per heavy atom. The summed E-state index contributed by atoms with van der Waals surface area (Å²) in [5, 5.41) is 11.0. The van der Waals surface area contributed by atoms with E-state index in [2.05, 4.69) is 0 Å². The molecule has 2 fully saturated rings. The monoisotopic (exact) mass is 391 g/mol. The van der Waals surface area contributed by atoms with E-state index in [4.69, 9.17) is 30.5 Å². The molecule has 1 unspecified atom stereocenters. The fourth-order valence-corrected chi connectivity index (χ4v) is 3.53. The van der Waals surface area contributed by atoms with E-state index in [0.717, 1.165) is 5.56 Å². The Morgan fingerprint density at radius 1 is 1.07 bits per heavy atom. The molecule has 27 heavy (non-hydrogen) atoms. The highest BCUT2D eigenvalue weighted by Gasteiger charge is 2.49. The van der Waals surface area contributed by atoms with Crippen molar-refractivity contribution in [2.75, 3.05) is 13.2 Å². The normalized spacial score (nSPS) is 26.7. The number of nitrogens with zero attached hydrogens (tertiary/aromatic N) is 1. The number of nitro groups is 1. The van der Waals surface area contributed by atoms with Gasteiger partial charge in [0.25, 0.3) is 5.69 Å². The van der Waals surface area contributed by atoms with Crippen LogP contribution < -0.4 is 4.74 Å². The van der Waals surface area contributed by atoms with Gasteiger partial charge in [0.15, 0.2) is 6.10 Å². The topological polar surface area (TPSA) is 80.1 Å². The van der Waals surface area contributed by atoms with Crippen molar-refractivity contribution < 1.29 is 23.9 Å². The van der Waals surface area contributed by atoms with E-state index < -0.39 is 4.92 Å². The zero-order valence-corrected chi connectivity index (χ0v) is 15.1. The lowest BCUT2D eigenvalue weighted by atomic mass is 10.1. The Kier molecular flexibility index (Phi) is 5.27. The lowest BCUT2D eigenvalue weighted by Gasteiger charge is -2.18. The molecule has 2 saturated heterocycles. The molecule has 2 aromatic rings. The zero-order chi connectivity index (χ0) is 18.8. The first-order valence-electron chi connectivity index (χ1n) is 8.61. The first kappa shape index (κ1) is 18.2. The number of nitro benzene ring substituents is 1. The number of hydrogen-bond donors (Lipinski definition) is 0. The lowest BCUT2D eigenvalue weighted by Crippen LogP contribution is -2.35. The first-order chi connectivity index (χ1) is 13.1. The van der Waals surface area contributed by atoms with E-state index >= 15 is 0 Å². The number of benzene rings is 2. The van der Waals surface area contributed by atoms with Crippen molar-refractivity contribution in [3.8, 4) is 5.75 Å². The molecule has 8 heteroatoms. The molecule has 0 aliphatic carbocycles. The van der Waals surface area contributed by atoms with Crippen molar-refractivity contribution >= 4 is 17.3 Å². The van der Waals surface area contributed by atoms with E-state index in [1.54, 1.807) is 0 Å². The second-order valence-corrected chi connectivity index (χ2v) is 6.87. The zero-order valence-electron chi connectivity index (χ0n) is 14.3. The number of rotatable bonds is 6. The molecule has 142 valence electrons. The van der Waals surface area contributed by atoms with E-state index in [1.807, 2.05) is 30.3 Å². The smallest absolute Gasteiger partial charge is 0.271 e. The lowest BCUT2D eigenvalue weighted by molar-refractivity contribution is -0.384. The Morgan fingerprint density at radius 3 is 2.48 bits per heavy atom. The SMILES string of the molecule is O=[N+]([O-])c1ccc(OC2CO[C@@H]3[C@@H](OCc4ccccc4)CO[C@H]23)c(Cl)c1. The van der Waals surface area contributed by atoms with Crippen molar-refractivity contribution in [2.24, 2.45) is 0 Å². The first-order valence-corrected chi connectivity index (χ1v) is 8.99. The van der Waals surface area contributed by atoms with E-state index in [1.165, 1.54) is 18.2 Å². The Balaban J connectivity index is 1.37. The molecule has 4 rings (SSSR count). The minimum atomic E-state index is -0.501. The molecule has 0 aromatic heterocycles. The highest BCUT2D eigenvalue weighted by molar-refractivity contribution is 6.32. The summed E-state index contributed by atoms with van der Waals surface area (Å²) in [5.74, 6) is 0.369. The molecular weight excluding hydrogens is 374 g/mol. The van der Waals surface area contributed by atoms with Gasteiger partial charge in [-0.1, -0.05) is 41.9 Å². The Hall–Kier alpha value is -2.19. The largest absolute Gasteiger partial charge is 0.484 e. The van der Waals surface area contributed by atoms with Gasteiger partial charge in [0, 0.05) is 12.1 Å². The van der Waals surface area contributed by atoms with E-state index in [9.17, 15) is 10.1 Å². The van der Waals surface area contributed by atoms with Crippen molar-refractivity contribution in [3.63, 3.8) is 0 Å². The minimum Gasteiger partial charge on any atom is -0.484 e. The van der Waals surface area contributed by atoms with Gasteiger partial charge in [-0.2, -0.15) is 0 Å². The Bertz CT molecular complexity index is 817. The maximum Gasteiger partial charge on any atom is 0.271 e. The summed E-state index contributed by atoms with van der Waals surface area (Å²) in [7, 11) is 0. The summed E-state index contributed by atoms with van der Waals surface area (Å²) in [6, 6.07) is 14.0. The molecule has 2 heterocycles. The number of halogens is 1. The van der Waals surface area contributed by atoms with Crippen LogP contribution in [0.5, 0.6) is 5.75 Å². The summed E-state index contributed by atoms with van der Waals surface area (Å²) in [5.41, 5.74) is 1.00. The van der Waals surface area contributed by atoms with Gasteiger partial charge < -0.3 is 18.9 Å². The van der Waals surface area contributed by atoms with Gasteiger partial charge in [0.05, 0.1) is 29.8 Å². The molecule has 7 nitrogen and oxygen atoms in total. The molecule has 4 atom stereocenters. The number of ether oxygens (including phenoxy) is 4. The Labute approximate surface area is 160 Å². The van der Waals surface area contributed by atoms with Crippen LogP contribution >= 0.6 is 11.6 Å². The van der Waals surface area contributed by atoms with Crippen molar-refractivity contribution in [1.82, 2.24) is 0 Å². The third kappa shape index (κ3) is 3.91. The van der Waals surface area contributed by atoms with E-state index in [0.29, 0.717) is 25.6 Å². The van der Waals surface area contributed by atoms with Crippen molar-refractivity contribution in [1.29, 1.82) is 0 Å². The average Bonchev–Trinajstić information content (AvgIpc) is 3.25. The predicted molar refractivity (Wildman–Crippen MR) is 97.0 cm³/mol. The molecule has 0 amide bonds. The summed E-state index contributed by atoms with van der Waals surface area (Å²) in [6.07, 6.45) is -0.997. The highest BCUT2D eigenvalue weighted by Crippen LogP contribution is 2.35. The van der Waals surface area contributed by atoms with Gasteiger partial charge in [-0.05, 0) is 11.6 Å². The van der Waals surface area contributed by atoms with Gasteiger partial charge >= 0.3 is 0 Å². The van der Waals surface area contributed by atoms with Crippen LogP contribution in [0.1, 0.15) is 5.56 Å². The van der Waals surface area contributed by atoms with Crippen LogP contribution in [0.15, 0.2) is 48.5 Å². The third-order valence-corrected chi connectivity index (χ3v) is 4.97. The number of non-ortho nitro benzene ring substituents is 1. The molecule has 2 aliphatic rings. The number of hydrogen-bond acceptors (Lipinski definition) is 6. The molecule has 0 bridgehead atoms. The molecule has 0 saturated carbocycles. The third-order valence-electron chi connectivity index (χ3n) is 4.67. The van der Waals surface area contributed by atoms with Gasteiger partial charge in [0.1, 0.15) is 24.1 Å². The van der Waals surface area contributed by atoms with Gasteiger partial charge in [-0.15, -0.1) is 0 Å². The predicted octanol–water partition coefficient (Wildman–Crippen LogP) is 3.38. The quantitative estimate of drug-likeness (QED) is 0.554. The van der Waals surface area contributed by atoms with Crippen LogP contribution in [0.3, 0.4) is 0 Å². The van der Waals surface area contributed by atoms with Crippen LogP contribution in [0.25, 0.3) is 0 Å². The molecular formula is C19H18ClNO6. The van der Waals surface area contributed by atoms with Crippen LogP contribution in [-0.4, -0.2) is 42.6 Å². The van der Waals surface area contributed by atoms with Gasteiger partial charge in [-0.3, -0.25) is 10.1 Å². The highest BCUT2D eigenvalue weighted by atomic mass is 35.5.